The van der Waals surface area contributed by atoms with Crippen LogP contribution >= 0.6 is 11.6 Å². The van der Waals surface area contributed by atoms with Crippen LogP contribution in [0.2, 0.25) is 5.02 Å². The van der Waals surface area contributed by atoms with Gasteiger partial charge in [-0.15, -0.1) is 0 Å². The van der Waals surface area contributed by atoms with E-state index in [0.717, 1.165) is 32.9 Å². The summed E-state index contributed by atoms with van der Waals surface area (Å²) in [4.78, 5) is 12.2. The number of aryl methyl sites for hydroxylation is 1. The average molecular weight is 439 g/mol. The van der Waals surface area contributed by atoms with Crippen LogP contribution in [0, 0.1) is 13.8 Å². The minimum atomic E-state index is -0.414. The maximum absolute atomic E-state index is 12.2. The van der Waals surface area contributed by atoms with E-state index in [1.54, 1.807) is 6.07 Å². The van der Waals surface area contributed by atoms with Gasteiger partial charge in [-0.3, -0.25) is 4.79 Å². The van der Waals surface area contributed by atoms with Crippen molar-refractivity contribution in [2.45, 2.75) is 20.4 Å². The van der Waals surface area contributed by atoms with Crippen LogP contribution in [-0.4, -0.2) is 10.5 Å². The molecule has 0 bridgehead atoms. The van der Waals surface area contributed by atoms with Gasteiger partial charge in [-0.25, -0.2) is 0 Å². The molecule has 0 atom stereocenters. The maximum atomic E-state index is 12.2. The Morgan fingerprint density at radius 2 is 1.59 bits per heavy atom. The lowest BCUT2D eigenvalue weighted by molar-refractivity contribution is 0.100. The number of fused-ring (bicyclic) bond motifs is 3. The summed E-state index contributed by atoms with van der Waals surface area (Å²) in [6, 6.07) is 26.4. The van der Waals surface area contributed by atoms with Crippen LogP contribution in [0.25, 0.3) is 32.9 Å². The molecule has 0 unspecified atom stereocenters. The SMILES string of the molecule is Cc1cccc(Cn2c3cc(-c4ccc(Cl)cc4)ccc3c3c(C(N)=O)cccc32)c1C. The number of nitrogens with zero attached hydrogens (tertiary/aromatic N) is 1. The minimum absolute atomic E-state index is 0.414. The third kappa shape index (κ3) is 3.35. The van der Waals surface area contributed by atoms with Gasteiger partial charge in [0, 0.05) is 27.9 Å². The third-order valence-corrected chi connectivity index (χ3v) is 6.63. The topological polar surface area (TPSA) is 48.0 Å². The molecule has 0 saturated carbocycles. The third-order valence-electron chi connectivity index (χ3n) is 6.38. The molecule has 0 aliphatic heterocycles. The first-order valence-corrected chi connectivity index (χ1v) is 11.0. The van der Waals surface area contributed by atoms with Crippen molar-refractivity contribution in [2.24, 2.45) is 5.73 Å². The van der Waals surface area contributed by atoms with Crippen LogP contribution in [0.5, 0.6) is 0 Å². The van der Waals surface area contributed by atoms with Crippen molar-refractivity contribution < 1.29 is 4.79 Å². The fraction of sp³-hybridized carbons (Fsp3) is 0.107. The first-order chi connectivity index (χ1) is 15.4. The van der Waals surface area contributed by atoms with E-state index in [1.165, 1.54) is 16.7 Å². The lowest BCUT2D eigenvalue weighted by Gasteiger charge is -2.13. The van der Waals surface area contributed by atoms with E-state index in [1.807, 2.05) is 30.3 Å². The van der Waals surface area contributed by atoms with Gasteiger partial charge in [0.25, 0.3) is 0 Å². The van der Waals surface area contributed by atoms with E-state index in [0.29, 0.717) is 17.1 Å². The highest BCUT2D eigenvalue weighted by Gasteiger charge is 2.18. The van der Waals surface area contributed by atoms with E-state index >= 15 is 0 Å². The van der Waals surface area contributed by atoms with Crippen molar-refractivity contribution in [1.82, 2.24) is 4.57 Å². The number of benzene rings is 4. The van der Waals surface area contributed by atoms with Crippen LogP contribution in [-0.2, 0) is 6.54 Å². The first-order valence-electron chi connectivity index (χ1n) is 10.6. The van der Waals surface area contributed by atoms with Gasteiger partial charge >= 0.3 is 0 Å². The molecule has 0 fully saturated rings. The summed E-state index contributed by atoms with van der Waals surface area (Å²) in [6.07, 6.45) is 0. The standard InChI is InChI=1S/C28H23ClN2O/c1-17-5-3-6-21(18(17)2)16-31-25-8-4-7-24(28(30)32)27(25)23-14-11-20(15-26(23)31)19-9-12-22(29)13-10-19/h3-15H,16H2,1-2H3,(H2,30,32). The predicted octanol–water partition coefficient (Wildman–Crippen LogP) is 6.88. The van der Waals surface area contributed by atoms with Gasteiger partial charge in [-0.1, -0.05) is 60.1 Å². The van der Waals surface area contributed by atoms with Crippen molar-refractivity contribution in [1.29, 1.82) is 0 Å². The zero-order chi connectivity index (χ0) is 22.4. The number of amides is 1. The van der Waals surface area contributed by atoms with Crippen LogP contribution < -0.4 is 5.73 Å². The van der Waals surface area contributed by atoms with Crippen molar-refractivity contribution in [3.8, 4) is 11.1 Å². The van der Waals surface area contributed by atoms with Gasteiger partial charge in [-0.2, -0.15) is 0 Å². The highest BCUT2D eigenvalue weighted by atomic mass is 35.5. The molecule has 5 aromatic rings. The molecule has 158 valence electrons. The molecule has 1 aromatic heterocycles. The Hall–Kier alpha value is -3.56. The lowest BCUT2D eigenvalue weighted by atomic mass is 10.0. The van der Waals surface area contributed by atoms with Crippen LogP contribution in [0.3, 0.4) is 0 Å². The van der Waals surface area contributed by atoms with Crippen LogP contribution in [0.1, 0.15) is 27.0 Å². The summed E-state index contributed by atoms with van der Waals surface area (Å²) in [5.74, 6) is -0.414. The average Bonchev–Trinajstić information content (AvgIpc) is 3.10. The molecule has 2 N–H and O–H groups in total. The second kappa shape index (κ2) is 7.85. The fourth-order valence-electron chi connectivity index (χ4n) is 4.50. The smallest absolute Gasteiger partial charge is 0.249 e. The number of nitrogens with two attached hydrogens (primary N) is 1. The molecule has 1 heterocycles. The summed E-state index contributed by atoms with van der Waals surface area (Å²) >= 11 is 6.09. The van der Waals surface area contributed by atoms with E-state index in [2.05, 4.69) is 60.9 Å². The summed E-state index contributed by atoms with van der Waals surface area (Å²) in [5, 5.41) is 2.64. The Balaban J connectivity index is 1.81. The quantitative estimate of drug-likeness (QED) is 0.326. The Labute approximate surface area is 192 Å². The van der Waals surface area contributed by atoms with Gasteiger partial charge in [0.2, 0.25) is 5.91 Å². The number of hydrogen-bond acceptors (Lipinski definition) is 1. The van der Waals surface area contributed by atoms with E-state index < -0.39 is 5.91 Å². The summed E-state index contributed by atoms with van der Waals surface area (Å²) in [7, 11) is 0. The van der Waals surface area contributed by atoms with E-state index in [-0.39, 0.29) is 0 Å². The fourth-order valence-corrected chi connectivity index (χ4v) is 4.62. The Kier molecular flexibility index (Phi) is 4.99. The zero-order valence-corrected chi connectivity index (χ0v) is 18.8. The van der Waals surface area contributed by atoms with Crippen LogP contribution in [0.15, 0.2) is 78.9 Å². The monoisotopic (exact) mass is 438 g/mol. The normalized spacial score (nSPS) is 11.3. The molecular weight excluding hydrogens is 416 g/mol. The number of rotatable bonds is 4. The second-order valence-corrected chi connectivity index (χ2v) is 8.68. The molecule has 5 rings (SSSR count). The van der Waals surface area contributed by atoms with E-state index in [4.69, 9.17) is 17.3 Å². The molecule has 0 aliphatic rings. The van der Waals surface area contributed by atoms with Crippen molar-refractivity contribution in [3.63, 3.8) is 0 Å². The number of halogens is 1. The molecule has 4 heteroatoms. The highest BCUT2D eigenvalue weighted by Crippen LogP contribution is 2.35. The Bertz CT molecular complexity index is 1500. The molecule has 0 radical (unpaired) electrons. The Morgan fingerprint density at radius 1 is 0.875 bits per heavy atom. The Morgan fingerprint density at radius 3 is 2.34 bits per heavy atom. The maximum Gasteiger partial charge on any atom is 0.249 e. The minimum Gasteiger partial charge on any atom is -0.366 e. The molecule has 3 nitrogen and oxygen atoms in total. The number of carbonyl (C=O) groups is 1. The van der Waals surface area contributed by atoms with Crippen LogP contribution in [0.4, 0.5) is 0 Å². The summed E-state index contributed by atoms with van der Waals surface area (Å²) < 4.78 is 2.29. The lowest BCUT2D eigenvalue weighted by Crippen LogP contribution is -2.11. The summed E-state index contributed by atoms with van der Waals surface area (Å²) in [5.41, 5.74) is 14.4. The van der Waals surface area contributed by atoms with E-state index in [9.17, 15) is 4.79 Å². The van der Waals surface area contributed by atoms with Crippen molar-refractivity contribution >= 4 is 39.3 Å². The first kappa shape index (κ1) is 20.3. The number of hydrogen-bond donors (Lipinski definition) is 1. The number of carbonyl (C=O) groups excluding carboxylic acids is 1. The molecule has 4 aromatic carbocycles. The second-order valence-electron chi connectivity index (χ2n) is 8.25. The molecule has 32 heavy (non-hydrogen) atoms. The highest BCUT2D eigenvalue weighted by molar-refractivity contribution is 6.30. The molecule has 0 saturated heterocycles. The van der Waals surface area contributed by atoms with Gasteiger partial charge < -0.3 is 10.3 Å². The number of primary amides is 1. The molecule has 0 spiro atoms. The van der Waals surface area contributed by atoms with Gasteiger partial charge in [0.1, 0.15) is 0 Å². The largest absolute Gasteiger partial charge is 0.366 e. The summed E-state index contributed by atoms with van der Waals surface area (Å²) in [6.45, 7) is 5.00. The predicted molar refractivity (Wildman–Crippen MR) is 133 cm³/mol. The molecule has 1 amide bonds. The number of aromatic nitrogens is 1. The van der Waals surface area contributed by atoms with Gasteiger partial charge in [0.15, 0.2) is 0 Å². The van der Waals surface area contributed by atoms with Crippen molar-refractivity contribution in [2.75, 3.05) is 0 Å². The van der Waals surface area contributed by atoms with Gasteiger partial charge in [-0.05, 0) is 72.0 Å². The van der Waals surface area contributed by atoms with Crippen molar-refractivity contribution in [3.05, 3.63) is 106 Å². The zero-order valence-electron chi connectivity index (χ0n) is 18.0. The molecular formula is C28H23ClN2O. The van der Waals surface area contributed by atoms with Gasteiger partial charge in [0.05, 0.1) is 11.0 Å². The molecule has 0 aliphatic carbocycles.